The largest absolute Gasteiger partial charge is 0.352 e. The Morgan fingerprint density at radius 1 is 1.47 bits per heavy atom. The highest BCUT2D eigenvalue weighted by Crippen LogP contribution is 2.22. The fraction of sp³-hybridized carbons (Fsp3) is 0.692. The Morgan fingerprint density at radius 2 is 2.29 bits per heavy atom. The molecule has 0 amide bonds. The van der Waals surface area contributed by atoms with Gasteiger partial charge in [0.1, 0.15) is 12.1 Å². The van der Waals surface area contributed by atoms with E-state index >= 15 is 0 Å². The van der Waals surface area contributed by atoms with Crippen molar-refractivity contribution in [2.45, 2.75) is 45.2 Å². The summed E-state index contributed by atoms with van der Waals surface area (Å²) in [6.45, 7) is 8.74. The third-order valence-corrected chi connectivity index (χ3v) is 3.11. The molecule has 1 atom stereocenters. The fourth-order valence-corrected chi connectivity index (χ4v) is 2.23. The molecule has 1 unspecified atom stereocenters. The summed E-state index contributed by atoms with van der Waals surface area (Å²) in [4.78, 5) is 10.7. The average molecular weight is 234 g/mol. The van der Waals surface area contributed by atoms with E-state index in [-0.39, 0.29) is 5.54 Å². The van der Waals surface area contributed by atoms with Crippen LogP contribution in [0.25, 0.3) is 0 Å². The fourth-order valence-electron chi connectivity index (χ4n) is 2.23. The molecular weight excluding hydrogens is 212 g/mol. The standard InChI is InChI=1S/C13H22N4/c1-13(2,3)16-9-11-5-4-8-17(11)12-6-7-14-10-15-12/h6-7,10-11,16H,4-5,8-9H2,1-3H3. The van der Waals surface area contributed by atoms with Gasteiger partial charge >= 0.3 is 0 Å². The lowest BCUT2D eigenvalue weighted by Crippen LogP contribution is -2.45. The molecule has 0 spiro atoms. The van der Waals surface area contributed by atoms with Crippen molar-refractivity contribution in [2.24, 2.45) is 0 Å². The molecule has 4 heteroatoms. The van der Waals surface area contributed by atoms with Gasteiger partial charge in [-0.15, -0.1) is 0 Å². The van der Waals surface area contributed by atoms with Gasteiger partial charge in [0.05, 0.1) is 0 Å². The smallest absolute Gasteiger partial charge is 0.132 e. The molecule has 2 heterocycles. The number of hydrogen-bond acceptors (Lipinski definition) is 4. The summed E-state index contributed by atoms with van der Waals surface area (Å²) >= 11 is 0. The second-order valence-electron chi connectivity index (χ2n) is 5.69. The molecule has 0 aromatic carbocycles. The quantitative estimate of drug-likeness (QED) is 0.866. The maximum absolute atomic E-state index is 4.34. The van der Waals surface area contributed by atoms with Crippen LogP contribution in [-0.4, -0.2) is 34.6 Å². The zero-order valence-electron chi connectivity index (χ0n) is 11.0. The Balaban J connectivity index is 1.98. The summed E-state index contributed by atoms with van der Waals surface area (Å²) in [5, 5.41) is 3.58. The lowest BCUT2D eigenvalue weighted by Gasteiger charge is -2.29. The summed E-state index contributed by atoms with van der Waals surface area (Å²) in [5.74, 6) is 1.05. The first kappa shape index (κ1) is 12.3. The SMILES string of the molecule is CC(C)(C)NCC1CCCN1c1ccncn1. The number of hydrogen-bond donors (Lipinski definition) is 1. The van der Waals surface area contributed by atoms with E-state index in [4.69, 9.17) is 0 Å². The van der Waals surface area contributed by atoms with Crippen LogP contribution in [-0.2, 0) is 0 Å². The van der Waals surface area contributed by atoms with E-state index in [2.05, 4.69) is 41.0 Å². The van der Waals surface area contributed by atoms with Crippen LogP contribution in [0.15, 0.2) is 18.6 Å². The number of nitrogens with zero attached hydrogens (tertiary/aromatic N) is 3. The summed E-state index contributed by atoms with van der Waals surface area (Å²) < 4.78 is 0. The predicted octanol–water partition coefficient (Wildman–Crippen LogP) is 1.83. The van der Waals surface area contributed by atoms with E-state index in [0.717, 1.165) is 18.9 Å². The molecule has 0 bridgehead atoms. The molecule has 1 fully saturated rings. The van der Waals surface area contributed by atoms with E-state index in [1.807, 2.05) is 12.3 Å². The lowest BCUT2D eigenvalue weighted by atomic mass is 10.1. The van der Waals surface area contributed by atoms with Crippen molar-refractivity contribution >= 4 is 5.82 Å². The summed E-state index contributed by atoms with van der Waals surface area (Å²) in [7, 11) is 0. The molecule has 0 radical (unpaired) electrons. The van der Waals surface area contributed by atoms with Crippen LogP contribution in [0.2, 0.25) is 0 Å². The third kappa shape index (κ3) is 3.40. The maximum atomic E-state index is 4.34. The van der Waals surface area contributed by atoms with Crippen LogP contribution < -0.4 is 10.2 Å². The normalized spacial score (nSPS) is 20.9. The minimum atomic E-state index is 0.180. The van der Waals surface area contributed by atoms with Gasteiger partial charge in [-0.1, -0.05) is 0 Å². The molecule has 1 aliphatic heterocycles. The van der Waals surface area contributed by atoms with Gasteiger partial charge in [0.2, 0.25) is 0 Å². The third-order valence-electron chi connectivity index (χ3n) is 3.11. The molecule has 4 nitrogen and oxygen atoms in total. The highest BCUT2D eigenvalue weighted by Gasteiger charge is 2.26. The number of nitrogens with one attached hydrogen (secondary N) is 1. The Bertz CT molecular complexity index is 344. The molecule has 0 aliphatic carbocycles. The van der Waals surface area contributed by atoms with Gasteiger partial charge in [-0.05, 0) is 39.7 Å². The van der Waals surface area contributed by atoms with Crippen molar-refractivity contribution in [3.8, 4) is 0 Å². The number of anilines is 1. The molecule has 2 rings (SSSR count). The zero-order valence-corrected chi connectivity index (χ0v) is 11.0. The highest BCUT2D eigenvalue weighted by atomic mass is 15.2. The van der Waals surface area contributed by atoms with Gasteiger partial charge < -0.3 is 10.2 Å². The van der Waals surface area contributed by atoms with Crippen LogP contribution in [0.4, 0.5) is 5.82 Å². The lowest BCUT2D eigenvalue weighted by molar-refractivity contribution is 0.404. The molecule has 17 heavy (non-hydrogen) atoms. The molecule has 1 saturated heterocycles. The van der Waals surface area contributed by atoms with E-state index in [0.29, 0.717) is 6.04 Å². The van der Waals surface area contributed by atoms with Crippen LogP contribution in [0.3, 0.4) is 0 Å². The maximum Gasteiger partial charge on any atom is 0.132 e. The molecule has 1 aromatic heterocycles. The Morgan fingerprint density at radius 3 is 2.94 bits per heavy atom. The molecule has 0 saturated carbocycles. The second kappa shape index (κ2) is 5.00. The van der Waals surface area contributed by atoms with Crippen molar-refractivity contribution in [3.63, 3.8) is 0 Å². The Labute approximate surface area is 103 Å². The topological polar surface area (TPSA) is 41.0 Å². The van der Waals surface area contributed by atoms with Crippen molar-refractivity contribution < 1.29 is 0 Å². The van der Waals surface area contributed by atoms with E-state index in [1.165, 1.54) is 12.8 Å². The number of aromatic nitrogens is 2. The average Bonchev–Trinajstić information content (AvgIpc) is 2.75. The van der Waals surface area contributed by atoms with Crippen molar-refractivity contribution in [1.29, 1.82) is 0 Å². The van der Waals surface area contributed by atoms with Crippen LogP contribution in [0.1, 0.15) is 33.6 Å². The summed E-state index contributed by atoms with van der Waals surface area (Å²) in [6, 6.07) is 2.55. The van der Waals surface area contributed by atoms with Gasteiger partial charge in [-0.25, -0.2) is 9.97 Å². The van der Waals surface area contributed by atoms with Crippen LogP contribution in [0, 0.1) is 0 Å². The second-order valence-corrected chi connectivity index (χ2v) is 5.69. The van der Waals surface area contributed by atoms with Crippen molar-refractivity contribution in [3.05, 3.63) is 18.6 Å². The zero-order chi connectivity index (χ0) is 12.3. The monoisotopic (exact) mass is 234 g/mol. The molecule has 1 aromatic rings. The van der Waals surface area contributed by atoms with Gasteiger partial charge in [-0.3, -0.25) is 0 Å². The van der Waals surface area contributed by atoms with E-state index in [1.54, 1.807) is 6.33 Å². The van der Waals surface area contributed by atoms with E-state index < -0.39 is 0 Å². The Hall–Kier alpha value is -1.16. The first-order valence-corrected chi connectivity index (χ1v) is 6.34. The molecule has 94 valence electrons. The minimum Gasteiger partial charge on any atom is -0.352 e. The van der Waals surface area contributed by atoms with Crippen molar-refractivity contribution in [2.75, 3.05) is 18.0 Å². The summed E-state index contributed by atoms with van der Waals surface area (Å²) in [6.07, 6.45) is 5.93. The van der Waals surface area contributed by atoms with E-state index in [9.17, 15) is 0 Å². The summed E-state index contributed by atoms with van der Waals surface area (Å²) in [5.41, 5.74) is 0.180. The van der Waals surface area contributed by atoms with Crippen molar-refractivity contribution in [1.82, 2.24) is 15.3 Å². The molecule has 1 aliphatic rings. The Kier molecular flexibility index (Phi) is 3.62. The predicted molar refractivity (Wildman–Crippen MR) is 70.2 cm³/mol. The first-order valence-electron chi connectivity index (χ1n) is 6.34. The molecular formula is C13H22N4. The first-order chi connectivity index (χ1) is 8.06. The van der Waals surface area contributed by atoms with Crippen LogP contribution in [0.5, 0.6) is 0 Å². The van der Waals surface area contributed by atoms with Gasteiger partial charge in [0.25, 0.3) is 0 Å². The van der Waals surface area contributed by atoms with Gasteiger partial charge in [-0.2, -0.15) is 0 Å². The molecule has 1 N–H and O–H groups in total. The van der Waals surface area contributed by atoms with Gasteiger partial charge in [0, 0.05) is 30.9 Å². The minimum absolute atomic E-state index is 0.180. The highest BCUT2D eigenvalue weighted by molar-refractivity contribution is 5.39. The van der Waals surface area contributed by atoms with Gasteiger partial charge in [0.15, 0.2) is 0 Å². The van der Waals surface area contributed by atoms with Crippen LogP contribution >= 0.6 is 0 Å². The number of rotatable bonds is 3.